The average molecular weight is 509 g/mol. The summed E-state index contributed by atoms with van der Waals surface area (Å²) in [6.45, 7) is 8.27. The van der Waals surface area contributed by atoms with Crippen LogP contribution in [0.1, 0.15) is 48.3 Å². The summed E-state index contributed by atoms with van der Waals surface area (Å²) in [5, 5.41) is 25.1. The van der Waals surface area contributed by atoms with Crippen molar-refractivity contribution in [1.29, 1.82) is 0 Å². The SMILES string of the molecule is Cc1cc(C)n(CCN(CCCCc2ccc3c(n2)NCCC3)CC[C@H](Nc2ccnn2C)C(=O)O)n1. The molecule has 10 heteroatoms. The van der Waals surface area contributed by atoms with Crippen molar-refractivity contribution in [2.75, 3.05) is 36.8 Å². The lowest BCUT2D eigenvalue weighted by Gasteiger charge is -2.25. The number of aliphatic carboxylic acids is 1. The number of hydrogen-bond donors (Lipinski definition) is 3. The van der Waals surface area contributed by atoms with Crippen molar-refractivity contribution >= 4 is 17.6 Å². The summed E-state index contributed by atoms with van der Waals surface area (Å²) in [7, 11) is 1.80. The number of aryl methyl sites for hydroxylation is 5. The Morgan fingerprint density at radius 3 is 2.81 bits per heavy atom. The molecule has 10 nitrogen and oxygen atoms in total. The molecule has 3 aromatic rings. The summed E-state index contributed by atoms with van der Waals surface area (Å²) in [5.41, 5.74) is 4.61. The van der Waals surface area contributed by atoms with E-state index in [1.54, 1.807) is 24.0 Å². The Morgan fingerprint density at radius 1 is 1.22 bits per heavy atom. The zero-order valence-corrected chi connectivity index (χ0v) is 22.3. The van der Waals surface area contributed by atoms with E-state index in [0.29, 0.717) is 18.8 Å². The Kier molecular flexibility index (Phi) is 9.16. The molecule has 0 aliphatic carbocycles. The average Bonchev–Trinajstić information content (AvgIpc) is 3.44. The molecule has 0 saturated heterocycles. The van der Waals surface area contributed by atoms with Gasteiger partial charge in [-0.25, -0.2) is 9.78 Å². The predicted molar refractivity (Wildman–Crippen MR) is 145 cm³/mol. The van der Waals surface area contributed by atoms with E-state index >= 15 is 0 Å². The number of fused-ring (bicyclic) bond motifs is 1. The summed E-state index contributed by atoms with van der Waals surface area (Å²) in [6.07, 6.45) is 7.44. The maximum Gasteiger partial charge on any atom is 0.326 e. The molecular weight excluding hydrogens is 468 g/mol. The van der Waals surface area contributed by atoms with Crippen LogP contribution in [-0.4, -0.2) is 72.7 Å². The van der Waals surface area contributed by atoms with E-state index in [-0.39, 0.29) is 0 Å². The van der Waals surface area contributed by atoms with E-state index in [4.69, 9.17) is 4.98 Å². The molecule has 200 valence electrons. The van der Waals surface area contributed by atoms with Gasteiger partial charge in [-0.2, -0.15) is 10.2 Å². The van der Waals surface area contributed by atoms with Gasteiger partial charge in [-0.3, -0.25) is 9.36 Å². The van der Waals surface area contributed by atoms with Crippen molar-refractivity contribution in [3.63, 3.8) is 0 Å². The minimum Gasteiger partial charge on any atom is -0.480 e. The van der Waals surface area contributed by atoms with Crippen LogP contribution in [-0.2, 0) is 31.2 Å². The van der Waals surface area contributed by atoms with Crippen LogP contribution in [0.15, 0.2) is 30.5 Å². The Hall–Kier alpha value is -3.40. The fraction of sp³-hybridized carbons (Fsp3) is 0.556. The number of anilines is 2. The van der Waals surface area contributed by atoms with Crippen molar-refractivity contribution in [3.8, 4) is 0 Å². The first-order valence-corrected chi connectivity index (χ1v) is 13.3. The van der Waals surface area contributed by atoms with Crippen molar-refractivity contribution in [2.24, 2.45) is 7.05 Å². The van der Waals surface area contributed by atoms with Gasteiger partial charge in [0.25, 0.3) is 0 Å². The second-order valence-electron chi connectivity index (χ2n) is 9.95. The van der Waals surface area contributed by atoms with Gasteiger partial charge < -0.3 is 20.6 Å². The number of nitrogens with zero attached hydrogens (tertiary/aromatic N) is 6. The van der Waals surface area contributed by atoms with Gasteiger partial charge in [0, 0.05) is 44.1 Å². The molecule has 1 aliphatic heterocycles. The fourth-order valence-corrected chi connectivity index (χ4v) is 4.89. The van der Waals surface area contributed by atoms with E-state index in [9.17, 15) is 9.90 Å². The molecule has 1 atom stereocenters. The van der Waals surface area contributed by atoms with Gasteiger partial charge >= 0.3 is 5.97 Å². The van der Waals surface area contributed by atoms with Crippen molar-refractivity contribution in [2.45, 2.75) is 65.0 Å². The van der Waals surface area contributed by atoms with Crippen LogP contribution in [0, 0.1) is 13.8 Å². The van der Waals surface area contributed by atoms with Gasteiger partial charge in [-0.05, 0) is 76.6 Å². The number of carbonyl (C=O) groups is 1. The first kappa shape index (κ1) is 26.7. The lowest BCUT2D eigenvalue weighted by molar-refractivity contribution is -0.138. The normalized spacial score (nSPS) is 13.8. The number of pyridine rings is 1. The molecule has 3 N–H and O–H groups in total. The van der Waals surface area contributed by atoms with Gasteiger partial charge in [0.2, 0.25) is 0 Å². The summed E-state index contributed by atoms with van der Waals surface area (Å²) in [5.74, 6) is 0.899. The summed E-state index contributed by atoms with van der Waals surface area (Å²) in [4.78, 5) is 19.1. The molecule has 0 spiro atoms. The lowest BCUT2D eigenvalue weighted by Crippen LogP contribution is -2.37. The highest BCUT2D eigenvalue weighted by Crippen LogP contribution is 2.20. The third kappa shape index (κ3) is 7.55. The molecule has 0 amide bonds. The largest absolute Gasteiger partial charge is 0.480 e. The first-order chi connectivity index (χ1) is 17.9. The van der Waals surface area contributed by atoms with Gasteiger partial charge in [0.05, 0.1) is 18.4 Å². The van der Waals surface area contributed by atoms with Gasteiger partial charge in [0.1, 0.15) is 17.7 Å². The van der Waals surface area contributed by atoms with Gasteiger partial charge in [-0.1, -0.05) is 6.07 Å². The quantitative estimate of drug-likeness (QED) is 0.285. The van der Waals surface area contributed by atoms with Crippen LogP contribution >= 0.6 is 0 Å². The van der Waals surface area contributed by atoms with E-state index in [1.165, 1.54) is 12.0 Å². The van der Waals surface area contributed by atoms with E-state index in [2.05, 4.69) is 50.9 Å². The fourth-order valence-electron chi connectivity index (χ4n) is 4.89. The molecule has 1 aliphatic rings. The number of carboxylic acids is 1. The second kappa shape index (κ2) is 12.7. The second-order valence-corrected chi connectivity index (χ2v) is 9.95. The Balaban J connectivity index is 1.32. The molecular formula is C27H40N8O2. The molecule has 0 radical (unpaired) electrons. The van der Waals surface area contributed by atoms with Crippen LogP contribution < -0.4 is 10.6 Å². The van der Waals surface area contributed by atoms with Crippen LogP contribution in [0.4, 0.5) is 11.6 Å². The van der Waals surface area contributed by atoms with E-state index in [1.807, 2.05) is 11.6 Å². The van der Waals surface area contributed by atoms with Crippen LogP contribution in [0.2, 0.25) is 0 Å². The molecule has 0 bridgehead atoms. The molecule has 0 aromatic carbocycles. The highest BCUT2D eigenvalue weighted by atomic mass is 16.4. The minimum atomic E-state index is -0.855. The Bertz CT molecular complexity index is 1170. The maximum atomic E-state index is 12.0. The monoisotopic (exact) mass is 508 g/mol. The number of hydrogen-bond acceptors (Lipinski definition) is 7. The molecule has 0 saturated carbocycles. The van der Waals surface area contributed by atoms with Gasteiger partial charge in [0.15, 0.2) is 0 Å². The number of rotatable bonds is 14. The zero-order valence-electron chi connectivity index (χ0n) is 22.3. The third-order valence-electron chi connectivity index (χ3n) is 7.02. The van der Waals surface area contributed by atoms with E-state index in [0.717, 1.165) is 74.8 Å². The topological polar surface area (TPSA) is 113 Å². The molecule has 0 unspecified atom stereocenters. The lowest BCUT2D eigenvalue weighted by atomic mass is 10.1. The molecule has 0 fully saturated rings. The number of unbranched alkanes of at least 4 members (excludes halogenated alkanes) is 1. The predicted octanol–water partition coefficient (Wildman–Crippen LogP) is 3.27. The molecule has 3 aromatic heterocycles. The molecule has 4 rings (SSSR count). The van der Waals surface area contributed by atoms with Crippen molar-refractivity contribution in [1.82, 2.24) is 29.4 Å². The summed E-state index contributed by atoms with van der Waals surface area (Å²) in [6, 6.07) is 7.57. The standard InChI is InChI=1S/C27H40N8O2/c1-20-19-21(2)35(32-20)18-17-34(16-12-24(27(36)37)31-25-11-14-29-33(25)3)15-5-4-8-23-10-9-22-7-6-13-28-26(22)30-23/h9-11,14,19,24,31H,4-8,12-13,15-18H2,1-3H3,(H,28,30)(H,36,37)/t24-/m0/s1. The number of aromatic nitrogens is 5. The maximum absolute atomic E-state index is 12.0. The first-order valence-electron chi connectivity index (χ1n) is 13.3. The molecule has 37 heavy (non-hydrogen) atoms. The van der Waals surface area contributed by atoms with Crippen LogP contribution in [0.3, 0.4) is 0 Å². The number of carboxylic acid groups (broad SMARTS) is 1. The number of nitrogens with one attached hydrogen (secondary N) is 2. The van der Waals surface area contributed by atoms with E-state index < -0.39 is 12.0 Å². The highest BCUT2D eigenvalue weighted by molar-refractivity contribution is 5.76. The highest BCUT2D eigenvalue weighted by Gasteiger charge is 2.20. The zero-order chi connectivity index (χ0) is 26.2. The van der Waals surface area contributed by atoms with Gasteiger partial charge in [-0.15, -0.1) is 0 Å². The van der Waals surface area contributed by atoms with Crippen molar-refractivity contribution in [3.05, 3.63) is 53.1 Å². The Morgan fingerprint density at radius 2 is 2.08 bits per heavy atom. The smallest absolute Gasteiger partial charge is 0.326 e. The minimum absolute atomic E-state index is 0.496. The molecule has 4 heterocycles. The summed E-state index contributed by atoms with van der Waals surface area (Å²) < 4.78 is 3.69. The van der Waals surface area contributed by atoms with Crippen LogP contribution in [0.25, 0.3) is 0 Å². The third-order valence-corrected chi connectivity index (χ3v) is 7.02. The van der Waals surface area contributed by atoms with Crippen LogP contribution in [0.5, 0.6) is 0 Å². The summed E-state index contributed by atoms with van der Waals surface area (Å²) >= 11 is 0. The van der Waals surface area contributed by atoms with Crippen molar-refractivity contribution < 1.29 is 9.90 Å². The Labute approximate surface area is 219 Å².